The maximum atomic E-state index is 6.25. The molecule has 5 nitrogen and oxygen atoms in total. The average molecular weight is 474 g/mol. The van der Waals surface area contributed by atoms with Crippen LogP contribution in [0.2, 0.25) is 10.0 Å². The SMILES string of the molecule is COc1cccc(C=NN=C(N)SCc2ccccc2)c1OCc1ccc(Cl)cc1Cl. The second kappa shape index (κ2) is 11.6. The van der Waals surface area contributed by atoms with Gasteiger partial charge in [-0.2, -0.15) is 5.10 Å². The van der Waals surface area contributed by atoms with Gasteiger partial charge in [-0.1, -0.05) is 77.4 Å². The molecular formula is C23H21Cl2N3O2S. The molecule has 0 fully saturated rings. The third kappa shape index (κ3) is 6.92. The lowest BCUT2D eigenvalue weighted by Crippen LogP contribution is -2.06. The number of benzene rings is 3. The molecule has 0 aliphatic heterocycles. The van der Waals surface area contributed by atoms with Gasteiger partial charge in [0.1, 0.15) is 6.61 Å². The second-order valence-corrected chi connectivity index (χ2v) is 8.20. The smallest absolute Gasteiger partial charge is 0.180 e. The Kier molecular flexibility index (Phi) is 8.64. The molecule has 3 aromatic rings. The van der Waals surface area contributed by atoms with Crippen molar-refractivity contribution in [2.24, 2.45) is 15.9 Å². The van der Waals surface area contributed by atoms with Gasteiger partial charge in [0.2, 0.25) is 0 Å². The number of amidine groups is 1. The van der Waals surface area contributed by atoms with Crippen molar-refractivity contribution in [3.63, 3.8) is 0 Å². The summed E-state index contributed by atoms with van der Waals surface area (Å²) in [4.78, 5) is 0. The van der Waals surface area contributed by atoms with E-state index in [0.29, 0.717) is 32.3 Å². The summed E-state index contributed by atoms with van der Waals surface area (Å²) in [6.07, 6.45) is 1.58. The minimum Gasteiger partial charge on any atom is -0.493 e. The van der Waals surface area contributed by atoms with Crippen molar-refractivity contribution < 1.29 is 9.47 Å². The molecule has 0 amide bonds. The van der Waals surface area contributed by atoms with Crippen LogP contribution in [-0.4, -0.2) is 18.5 Å². The standard InChI is InChI=1S/C23H21Cl2N3O2S/c1-29-21-9-5-8-17(22(21)30-14-18-10-11-19(24)12-20(18)25)13-27-28-23(26)31-15-16-6-3-2-4-7-16/h2-13H,14-15H2,1H3,(H2,26,28). The molecule has 3 aromatic carbocycles. The first kappa shape index (κ1) is 23.0. The number of halogens is 2. The third-order valence-electron chi connectivity index (χ3n) is 4.20. The average Bonchev–Trinajstić information content (AvgIpc) is 2.78. The molecule has 0 bridgehead atoms. The normalized spacial score (nSPS) is 11.6. The molecule has 0 saturated heterocycles. The minimum atomic E-state index is 0.246. The van der Waals surface area contributed by atoms with Crippen molar-refractivity contribution in [3.05, 3.63) is 93.5 Å². The Balaban J connectivity index is 1.70. The van der Waals surface area contributed by atoms with Crippen molar-refractivity contribution >= 4 is 46.3 Å². The number of rotatable bonds is 8. The summed E-state index contributed by atoms with van der Waals surface area (Å²) >= 11 is 13.6. The van der Waals surface area contributed by atoms with Gasteiger partial charge in [-0.3, -0.25) is 0 Å². The van der Waals surface area contributed by atoms with Gasteiger partial charge < -0.3 is 15.2 Å². The van der Waals surface area contributed by atoms with Gasteiger partial charge in [0, 0.05) is 26.9 Å². The number of nitrogens with zero attached hydrogens (tertiary/aromatic N) is 2. The zero-order valence-electron chi connectivity index (χ0n) is 16.8. The van der Waals surface area contributed by atoms with Crippen LogP contribution < -0.4 is 15.2 Å². The molecule has 0 aliphatic rings. The van der Waals surface area contributed by atoms with Crippen LogP contribution in [0, 0.1) is 0 Å². The largest absolute Gasteiger partial charge is 0.493 e. The molecule has 0 aliphatic carbocycles. The summed E-state index contributed by atoms with van der Waals surface area (Å²) < 4.78 is 11.4. The van der Waals surface area contributed by atoms with E-state index in [-0.39, 0.29) is 6.61 Å². The maximum Gasteiger partial charge on any atom is 0.180 e. The van der Waals surface area contributed by atoms with Crippen LogP contribution in [0.5, 0.6) is 11.5 Å². The predicted octanol–water partition coefficient (Wildman–Crippen LogP) is 6.16. The Hall–Kier alpha value is -2.67. The predicted molar refractivity (Wildman–Crippen MR) is 131 cm³/mol. The highest BCUT2D eigenvalue weighted by molar-refractivity contribution is 8.13. The van der Waals surface area contributed by atoms with Crippen LogP contribution in [0.1, 0.15) is 16.7 Å². The lowest BCUT2D eigenvalue weighted by atomic mass is 10.2. The lowest BCUT2D eigenvalue weighted by molar-refractivity contribution is 0.284. The van der Waals surface area contributed by atoms with Crippen LogP contribution in [0.3, 0.4) is 0 Å². The van der Waals surface area contributed by atoms with E-state index in [0.717, 1.165) is 11.3 Å². The Labute approximate surface area is 195 Å². The first-order valence-corrected chi connectivity index (χ1v) is 11.1. The molecule has 8 heteroatoms. The van der Waals surface area contributed by atoms with E-state index >= 15 is 0 Å². The van der Waals surface area contributed by atoms with Crippen molar-refractivity contribution in [1.29, 1.82) is 0 Å². The molecule has 2 N–H and O–H groups in total. The van der Waals surface area contributed by atoms with E-state index in [1.165, 1.54) is 17.3 Å². The zero-order valence-corrected chi connectivity index (χ0v) is 19.1. The van der Waals surface area contributed by atoms with E-state index in [2.05, 4.69) is 10.2 Å². The topological polar surface area (TPSA) is 69.2 Å². The van der Waals surface area contributed by atoms with Crippen molar-refractivity contribution in [2.75, 3.05) is 7.11 Å². The quantitative estimate of drug-likeness (QED) is 0.241. The van der Waals surface area contributed by atoms with E-state index < -0.39 is 0 Å². The highest BCUT2D eigenvalue weighted by Crippen LogP contribution is 2.32. The maximum absolute atomic E-state index is 6.25. The number of thioether (sulfide) groups is 1. The Morgan fingerprint density at radius 2 is 1.87 bits per heavy atom. The van der Waals surface area contributed by atoms with E-state index in [4.69, 9.17) is 38.4 Å². The molecule has 0 saturated carbocycles. The second-order valence-electron chi connectivity index (χ2n) is 6.36. The number of para-hydroxylation sites is 1. The van der Waals surface area contributed by atoms with Crippen molar-refractivity contribution in [2.45, 2.75) is 12.4 Å². The van der Waals surface area contributed by atoms with Gasteiger partial charge in [-0.05, 0) is 29.8 Å². The molecule has 0 aromatic heterocycles. The molecule has 0 heterocycles. The first-order valence-electron chi connectivity index (χ1n) is 9.33. The zero-order chi connectivity index (χ0) is 22.1. The monoisotopic (exact) mass is 473 g/mol. The summed E-state index contributed by atoms with van der Waals surface area (Å²) in [7, 11) is 1.58. The fraction of sp³-hybridized carbons (Fsp3) is 0.130. The fourth-order valence-electron chi connectivity index (χ4n) is 2.65. The molecule has 0 radical (unpaired) electrons. The number of methoxy groups -OCH3 is 1. The fourth-order valence-corrected chi connectivity index (χ4v) is 3.72. The van der Waals surface area contributed by atoms with Gasteiger partial charge in [0.05, 0.1) is 13.3 Å². The van der Waals surface area contributed by atoms with Gasteiger partial charge in [0.25, 0.3) is 0 Å². The summed E-state index contributed by atoms with van der Waals surface area (Å²) in [6, 6.07) is 20.8. The first-order chi connectivity index (χ1) is 15.1. The van der Waals surface area contributed by atoms with Gasteiger partial charge >= 0.3 is 0 Å². The van der Waals surface area contributed by atoms with Crippen LogP contribution in [0.15, 0.2) is 76.9 Å². The van der Waals surface area contributed by atoms with E-state index in [9.17, 15) is 0 Å². The summed E-state index contributed by atoms with van der Waals surface area (Å²) in [5.74, 6) is 1.83. The Morgan fingerprint density at radius 3 is 2.61 bits per heavy atom. The molecule has 0 spiro atoms. The van der Waals surface area contributed by atoms with Gasteiger partial charge in [0.15, 0.2) is 16.7 Å². The minimum absolute atomic E-state index is 0.246. The number of ether oxygens (including phenoxy) is 2. The highest BCUT2D eigenvalue weighted by atomic mass is 35.5. The molecule has 0 unspecified atom stereocenters. The van der Waals surface area contributed by atoms with Crippen LogP contribution in [-0.2, 0) is 12.4 Å². The van der Waals surface area contributed by atoms with Crippen molar-refractivity contribution in [3.8, 4) is 11.5 Å². The van der Waals surface area contributed by atoms with Crippen LogP contribution in [0.25, 0.3) is 0 Å². The third-order valence-corrected chi connectivity index (χ3v) is 5.64. The summed E-state index contributed by atoms with van der Waals surface area (Å²) in [5.41, 5.74) is 8.63. The van der Waals surface area contributed by atoms with Crippen LogP contribution in [0.4, 0.5) is 0 Å². The Bertz CT molecular complexity index is 1080. The van der Waals surface area contributed by atoms with E-state index in [1.54, 1.807) is 25.5 Å². The van der Waals surface area contributed by atoms with Gasteiger partial charge in [-0.15, -0.1) is 5.10 Å². The number of nitrogens with two attached hydrogens (primary N) is 1. The summed E-state index contributed by atoms with van der Waals surface area (Å²) in [6.45, 7) is 0.246. The lowest BCUT2D eigenvalue weighted by Gasteiger charge is -2.13. The molecule has 31 heavy (non-hydrogen) atoms. The van der Waals surface area contributed by atoms with Crippen LogP contribution >= 0.6 is 35.0 Å². The molecule has 160 valence electrons. The number of hydrogen-bond acceptors (Lipinski definition) is 5. The Morgan fingerprint density at radius 1 is 1.06 bits per heavy atom. The molecule has 3 rings (SSSR count). The summed E-state index contributed by atoms with van der Waals surface area (Å²) in [5, 5.41) is 9.66. The van der Waals surface area contributed by atoms with Gasteiger partial charge in [-0.25, -0.2) is 0 Å². The number of hydrogen-bond donors (Lipinski definition) is 1. The van der Waals surface area contributed by atoms with Crippen molar-refractivity contribution in [1.82, 2.24) is 0 Å². The molecule has 0 atom stereocenters. The molecular weight excluding hydrogens is 453 g/mol. The highest BCUT2D eigenvalue weighted by Gasteiger charge is 2.11. The van der Waals surface area contributed by atoms with E-state index in [1.807, 2.05) is 54.6 Å².